The molecule has 2 aromatic rings. The van der Waals surface area contributed by atoms with Gasteiger partial charge >= 0.3 is 12.0 Å². The van der Waals surface area contributed by atoms with Crippen molar-refractivity contribution < 1.29 is 18.3 Å². The lowest BCUT2D eigenvalue weighted by Gasteiger charge is -2.48. The Morgan fingerprint density at radius 3 is 2.41 bits per heavy atom. The van der Waals surface area contributed by atoms with E-state index in [1.54, 1.807) is 42.7 Å². The molecule has 2 aliphatic heterocycles. The molecule has 0 N–H and O–H groups in total. The Balaban J connectivity index is 1.49. The summed E-state index contributed by atoms with van der Waals surface area (Å²) < 4.78 is 33.8. The Kier molecular flexibility index (Phi) is 4.61. The number of benzene rings is 1. The van der Waals surface area contributed by atoms with Gasteiger partial charge in [-0.3, -0.25) is 9.69 Å². The average Bonchev–Trinajstić information content (AvgIpc) is 2.68. The van der Waals surface area contributed by atoms with Crippen LogP contribution in [0.5, 0.6) is 0 Å². The number of morpholine rings is 1. The van der Waals surface area contributed by atoms with E-state index in [2.05, 4.69) is 14.9 Å². The number of piperidine rings is 1. The van der Waals surface area contributed by atoms with Gasteiger partial charge in [0, 0.05) is 43.3 Å². The van der Waals surface area contributed by atoms with Crippen LogP contribution in [-0.2, 0) is 16.1 Å². The van der Waals surface area contributed by atoms with Gasteiger partial charge in [-0.15, -0.1) is 0 Å². The van der Waals surface area contributed by atoms with E-state index in [4.69, 9.17) is 4.74 Å². The predicted molar refractivity (Wildman–Crippen MR) is 94.1 cm³/mol. The number of aromatic nitrogens is 2. The smallest absolute Gasteiger partial charge is 0.304 e. The van der Waals surface area contributed by atoms with Crippen LogP contribution in [0.25, 0.3) is 0 Å². The normalized spacial score (nSPS) is 22.1. The zero-order valence-corrected chi connectivity index (χ0v) is 14.7. The first kappa shape index (κ1) is 17.9. The van der Waals surface area contributed by atoms with Crippen LogP contribution in [0, 0.1) is 0 Å². The lowest BCUT2D eigenvalue weighted by atomic mass is 9.88. The molecule has 0 atom stereocenters. The van der Waals surface area contributed by atoms with Crippen molar-refractivity contribution in [2.75, 3.05) is 24.5 Å². The third-order valence-electron chi connectivity index (χ3n) is 5.14. The molecule has 0 unspecified atom stereocenters. The van der Waals surface area contributed by atoms with Gasteiger partial charge in [0.25, 0.3) is 0 Å². The van der Waals surface area contributed by atoms with Crippen molar-refractivity contribution in [2.45, 2.75) is 31.1 Å². The van der Waals surface area contributed by atoms with Crippen LogP contribution < -0.4 is 4.90 Å². The highest BCUT2D eigenvalue weighted by Gasteiger charge is 2.57. The van der Waals surface area contributed by atoms with Crippen molar-refractivity contribution >= 4 is 11.6 Å². The molecule has 3 heterocycles. The summed E-state index contributed by atoms with van der Waals surface area (Å²) in [7, 11) is 0. The molecule has 0 radical (unpaired) electrons. The minimum atomic E-state index is -3.82. The Morgan fingerprint density at radius 2 is 1.74 bits per heavy atom. The first-order valence-corrected chi connectivity index (χ1v) is 8.89. The number of hydrogen-bond acceptors (Lipinski definition) is 5. The highest BCUT2D eigenvalue weighted by atomic mass is 19.3. The minimum absolute atomic E-state index is 0.133. The minimum Gasteiger partial charge on any atom is -0.304 e. The Morgan fingerprint density at radius 1 is 1.07 bits per heavy atom. The van der Waals surface area contributed by atoms with Gasteiger partial charge in [0.2, 0.25) is 0 Å². The third-order valence-corrected chi connectivity index (χ3v) is 5.14. The lowest BCUT2D eigenvalue weighted by Crippen LogP contribution is -2.64. The molecule has 2 saturated heterocycles. The van der Waals surface area contributed by atoms with E-state index < -0.39 is 17.6 Å². The standard InChI is InChI=1S/C19H20F2N4O2/c20-19(21)17(26)25(16-4-2-1-3-5-16)13-18(27-19)6-8-24(9-7-18)12-15-10-22-14-23-11-15/h1-5,10-11,14H,6-9,12-13H2. The van der Waals surface area contributed by atoms with Crippen LogP contribution in [0.1, 0.15) is 18.4 Å². The van der Waals surface area contributed by atoms with Crippen molar-refractivity contribution in [1.29, 1.82) is 0 Å². The number of ether oxygens (including phenoxy) is 1. The number of halogens is 2. The summed E-state index contributed by atoms with van der Waals surface area (Å²) in [5, 5.41) is 0. The van der Waals surface area contributed by atoms with E-state index in [-0.39, 0.29) is 6.54 Å². The molecule has 1 amide bonds. The molecule has 8 heteroatoms. The second-order valence-corrected chi connectivity index (χ2v) is 7.05. The maximum absolute atomic E-state index is 14.4. The number of alkyl halides is 2. The zero-order valence-electron chi connectivity index (χ0n) is 14.7. The number of carbonyl (C=O) groups excluding carboxylic acids is 1. The summed E-state index contributed by atoms with van der Waals surface area (Å²) >= 11 is 0. The van der Waals surface area contributed by atoms with E-state index in [1.807, 2.05) is 0 Å². The molecule has 4 rings (SSSR count). The molecule has 0 saturated carbocycles. The Labute approximate surface area is 155 Å². The summed E-state index contributed by atoms with van der Waals surface area (Å²) in [6.45, 7) is 1.99. The largest absolute Gasteiger partial charge is 0.437 e. The van der Waals surface area contributed by atoms with Crippen molar-refractivity contribution in [1.82, 2.24) is 14.9 Å². The zero-order chi connectivity index (χ0) is 18.9. The number of nitrogens with zero attached hydrogens (tertiary/aromatic N) is 4. The highest BCUT2D eigenvalue weighted by Crippen LogP contribution is 2.40. The SMILES string of the molecule is O=C1N(c2ccccc2)CC2(CCN(Cc3cncnc3)CC2)OC1(F)F. The number of rotatable bonds is 3. The summed E-state index contributed by atoms with van der Waals surface area (Å²) in [5.74, 6) is -1.30. The first-order chi connectivity index (χ1) is 13.0. The molecule has 2 fully saturated rings. The van der Waals surface area contributed by atoms with E-state index >= 15 is 0 Å². The van der Waals surface area contributed by atoms with Gasteiger partial charge in [-0.2, -0.15) is 8.78 Å². The average molecular weight is 374 g/mol. The molecule has 0 bridgehead atoms. The fraction of sp³-hybridized carbons (Fsp3) is 0.421. The summed E-state index contributed by atoms with van der Waals surface area (Å²) in [5.41, 5.74) is 0.398. The summed E-state index contributed by atoms with van der Waals surface area (Å²) in [6.07, 6.45) is 2.00. The van der Waals surface area contributed by atoms with Gasteiger partial charge in [0.1, 0.15) is 6.33 Å². The maximum atomic E-state index is 14.4. The van der Waals surface area contributed by atoms with Crippen molar-refractivity contribution in [2.24, 2.45) is 0 Å². The number of amides is 1. The lowest BCUT2D eigenvalue weighted by molar-refractivity contribution is -0.293. The molecule has 142 valence electrons. The van der Waals surface area contributed by atoms with E-state index in [0.717, 1.165) is 10.5 Å². The number of para-hydroxylation sites is 1. The third kappa shape index (κ3) is 3.68. The highest BCUT2D eigenvalue weighted by molar-refractivity contribution is 5.98. The Bertz CT molecular complexity index is 796. The summed E-state index contributed by atoms with van der Waals surface area (Å²) in [4.78, 5) is 23.5. The van der Waals surface area contributed by atoms with Gasteiger partial charge in [0.05, 0.1) is 12.1 Å². The van der Waals surface area contributed by atoms with Gasteiger partial charge in [-0.1, -0.05) is 18.2 Å². The molecule has 1 aromatic carbocycles. The second-order valence-electron chi connectivity index (χ2n) is 7.05. The quantitative estimate of drug-likeness (QED) is 0.826. The molecular weight excluding hydrogens is 354 g/mol. The molecule has 0 aliphatic carbocycles. The number of likely N-dealkylation sites (tertiary alicyclic amines) is 1. The Hall–Kier alpha value is -2.45. The predicted octanol–water partition coefficient (Wildman–Crippen LogP) is 2.47. The van der Waals surface area contributed by atoms with E-state index in [0.29, 0.717) is 38.2 Å². The fourth-order valence-corrected chi connectivity index (χ4v) is 3.73. The second kappa shape index (κ2) is 6.94. The molecular formula is C19H20F2N4O2. The first-order valence-electron chi connectivity index (χ1n) is 8.89. The molecule has 27 heavy (non-hydrogen) atoms. The van der Waals surface area contributed by atoms with Crippen molar-refractivity contribution in [3.8, 4) is 0 Å². The van der Waals surface area contributed by atoms with Crippen LogP contribution in [0.15, 0.2) is 49.1 Å². The van der Waals surface area contributed by atoms with Crippen LogP contribution in [0.4, 0.5) is 14.5 Å². The van der Waals surface area contributed by atoms with Crippen LogP contribution in [0.2, 0.25) is 0 Å². The van der Waals surface area contributed by atoms with Gasteiger partial charge in [-0.05, 0) is 25.0 Å². The number of anilines is 1. The van der Waals surface area contributed by atoms with Gasteiger partial charge in [0.15, 0.2) is 0 Å². The van der Waals surface area contributed by atoms with Crippen LogP contribution in [0.3, 0.4) is 0 Å². The van der Waals surface area contributed by atoms with Gasteiger partial charge < -0.3 is 9.64 Å². The van der Waals surface area contributed by atoms with Crippen LogP contribution >= 0.6 is 0 Å². The van der Waals surface area contributed by atoms with Gasteiger partial charge in [-0.25, -0.2) is 9.97 Å². The summed E-state index contributed by atoms with van der Waals surface area (Å²) in [6, 6.07) is 8.57. The van der Waals surface area contributed by atoms with Crippen molar-refractivity contribution in [3.05, 3.63) is 54.6 Å². The monoisotopic (exact) mass is 374 g/mol. The van der Waals surface area contributed by atoms with Crippen LogP contribution in [-0.4, -0.2) is 52.1 Å². The molecule has 1 spiro atoms. The molecule has 1 aromatic heterocycles. The molecule has 6 nitrogen and oxygen atoms in total. The maximum Gasteiger partial charge on any atom is 0.437 e. The number of carbonyl (C=O) groups is 1. The van der Waals surface area contributed by atoms with E-state index in [1.165, 1.54) is 6.33 Å². The topological polar surface area (TPSA) is 58.6 Å². The molecule has 2 aliphatic rings. The van der Waals surface area contributed by atoms with E-state index in [9.17, 15) is 13.6 Å². The fourth-order valence-electron chi connectivity index (χ4n) is 3.73. The number of hydrogen-bond donors (Lipinski definition) is 0. The van der Waals surface area contributed by atoms with Crippen molar-refractivity contribution in [3.63, 3.8) is 0 Å².